The summed E-state index contributed by atoms with van der Waals surface area (Å²) in [6.45, 7) is 9.93. The third kappa shape index (κ3) is 15.4. The predicted molar refractivity (Wildman–Crippen MR) is 201 cm³/mol. The number of aliphatic hydroxyl groups excluding tert-OH is 3. The second kappa shape index (κ2) is 22.6. The lowest BCUT2D eigenvalue weighted by molar-refractivity contribution is -0.271. The number of carboxylic acid groups (broad SMARTS) is 1. The molecule has 21 nitrogen and oxygen atoms in total. The van der Waals surface area contributed by atoms with Crippen molar-refractivity contribution >= 4 is 47.3 Å². The van der Waals surface area contributed by atoms with Crippen LogP contribution in [-0.2, 0) is 44.8 Å². The first-order chi connectivity index (χ1) is 26.6. The van der Waals surface area contributed by atoms with Gasteiger partial charge in [0.15, 0.2) is 6.10 Å². The van der Waals surface area contributed by atoms with Gasteiger partial charge in [-0.1, -0.05) is 47.6 Å². The van der Waals surface area contributed by atoms with E-state index in [1.165, 1.54) is 18.2 Å². The largest absolute Gasteiger partial charge is 0.479 e. The highest BCUT2D eigenvalue weighted by atomic mass is 16.7. The fraction of sp³-hybridized carbons (Fsp3) is 0.639. The standard InChI is InChI=1S/C36H57N7O14/c1-16(2)25(43-31(49)22(40-18(5)6)11-12-24(37)44)32(50)42-21(8-7-13-39-36(38)54)30(48)41-20-10-9-19(15-55-34(53)17(3)4)14-23(20)56-35-28(47)26(45)27(46)29(57-35)33(51)52/h9-10,14,16-18,21-22,25-29,35,40,45-47H,7-8,11-13,15H2,1-6H3,(H2,37,44)(H,41,48)(H,42,50)(H,43,49)(H,51,52)(H3,38,39,54)/t21-,22-,25-,26-,27-,28+,29-,35+/m0/s1. The zero-order valence-electron chi connectivity index (χ0n) is 32.9. The Morgan fingerprint density at radius 1 is 0.842 bits per heavy atom. The molecular weight excluding hydrogens is 754 g/mol. The quantitative estimate of drug-likeness (QED) is 0.0459. The fourth-order valence-corrected chi connectivity index (χ4v) is 5.49. The van der Waals surface area contributed by atoms with Gasteiger partial charge in [0.2, 0.25) is 29.9 Å². The topological polar surface area (TPSA) is 340 Å². The van der Waals surface area contributed by atoms with Crippen LogP contribution < -0.4 is 42.8 Å². The number of aliphatic hydroxyl groups is 3. The van der Waals surface area contributed by atoms with Crippen LogP contribution >= 0.6 is 0 Å². The Morgan fingerprint density at radius 2 is 1.51 bits per heavy atom. The van der Waals surface area contributed by atoms with E-state index in [0.29, 0.717) is 5.56 Å². The highest BCUT2D eigenvalue weighted by Crippen LogP contribution is 2.31. The van der Waals surface area contributed by atoms with E-state index >= 15 is 0 Å². The van der Waals surface area contributed by atoms with Crippen molar-refractivity contribution in [2.75, 3.05) is 11.9 Å². The van der Waals surface area contributed by atoms with Crippen molar-refractivity contribution in [3.05, 3.63) is 23.8 Å². The minimum atomic E-state index is -2.02. The molecule has 1 fully saturated rings. The lowest BCUT2D eigenvalue weighted by Gasteiger charge is -2.38. The van der Waals surface area contributed by atoms with E-state index in [4.69, 9.17) is 25.7 Å². The zero-order chi connectivity index (χ0) is 43.1. The number of aliphatic carboxylic acids is 1. The van der Waals surface area contributed by atoms with Crippen molar-refractivity contribution in [3.63, 3.8) is 0 Å². The summed E-state index contributed by atoms with van der Waals surface area (Å²) in [5.41, 5.74) is 10.7. The number of esters is 1. The van der Waals surface area contributed by atoms with Gasteiger partial charge in [-0.25, -0.2) is 9.59 Å². The second-order valence-electron chi connectivity index (χ2n) is 14.5. The maximum atomic E-state index is 14.0. The zero-order valence-corrected chi connectivity index (χ0v) is 32.9. The van der Waals surface area contributed by atoms with Gasteiger partial charge in [-0.2, -0.15) is 0 Å². The summed E-state index contributed by atoms with van der Waals surface area (Å²) in [7, 11) is 0. The van der Waals surface area contributed by atoms with Crippen LogP contribution in [0.25, 0.3) is 0 Å². The van der Waals surface area contributed by atoms with Crippen molar-refractivity contribution in [2.45, 2.75) is 129 Å². The molecule has 57 heavy (non-hydrogen) atoms. The summed E-state index contributed by atoms with van der Waals surface area (Å²) in [5, 5.41) is 54.0. The van der Waals surface area contributed by atoms with Gasteiger partial charge in [-0.05, 0) is 42.9 Å². The summed E-state index contributed by atoms with van der Waals surface area (Å²) in [5.74, 6) is -6.17. The number of hydrogen-bond acceptors (Lipinski definition) is 14. The van der Waals surface area contributed by atoms with Crippen molar-refractivity contribution in [3.8, 4) is 5.75 Å². The number of nitrogens with one attached hydrogen (secondary N) is 5. The molecule has 0 aromatic heterocycles. The molecule has 0 bridgehead atoms. The number of carboxylic acids is 1. The van der Waals surface area contributed by atoms with E-state index in [-0.39, 0.29) is 56.3 Å². The van der Waals surface area contributed by atoms with E-state index in [0.717, 1.165) is 0 Å². The maximum Gasteiger partial charge on any atom is 0.335 e. The minimum Gasteiger partial charge on any atom is -0.479 e. The monoisotopic (exact) mass is 811 g/mol. The third-order valence-corrected chi connectivity index (χ3v) is 8.59. The summed E-state index contributed by atoms with van der Waals surface area (Å²) in [6.07, 6.45) is -9.87. The minimum absolute atomic E-state index is 0.0235. The molecule has 13 N–H and O–H groups in total. The number of anilines is 1. The molecule has 320 valence electrons. The first-order valence-electron chi connectivity index (χ1n) is 18.5. The van der Waals surface area contributed by atoms with Crippen LogP contribution in [0.1, 0.15) is 72.8 Å². The average molecular weight is 812 g/mol. The normalized spacial score (nSPS) is 20.9. The smallest absolute Gasteiger partial charge is 0.335 e. The Labute approximate surface area is 329 Å². The van der Waals surface area contributed by atoms with Gasteiger partial charge in [0, 0.05) is 19.0 Å². The number of urea groups is 1. The number of carbonyl (C=O) groups is 7. The maximum absolute atomic E-state index is 14.0. The molecule has 21 heteroatoms. The second-order valence-corrected chi connectivity index (χ2v) is 14.5. The van der Waals surface area contributed by atoms with Crippen LogP contribution in [-0.4, -0.2) is 123 Å². The number of nitrogens with two attached hydrogens (primary N) is 2. The lowest BCUT2D eigenvalue weighted by Crippen LogP contribution is -2.61. The first-order valence-corrected chi connectivity index (χ1v) is 18.5. The van der Waals surface area contributed by atoms with Gasteiger partial charge < -0.3 is 72.7 Å². The molecule has 8 atom stereocenters. The Kier molecular flexibility index (Phi) is 19.1. The molecular formula is C36H57N7O14. The summed E-state index contributed by atoms with van der Waals surface area (Å²) in [6, 6.07) is -0.260. The number of rotatable bonds is 22. The van der Waals surface area contributed by atoms with E-state index in [9.17, 15) is 54.0 Å². The molecule has 0 radical (unpaired) electrons. The molecule has 0 spiro atoms. The van der Waals surface area contributed by atoms with E-state index in [1.54, 1.807) is 41.5 Å². The van der Waals surface area contributed by atoms with E-state index in [2.05, 4.69) is 26.6 Å². The highest BCUT2D eigenvalue weighted by molar-refractivity contribution is 5.99. The number of primary amides is 2. The van der Waals surface area contributed by atoms with Crippen LogP contribution in [0.5, 0.6) is 5.75 Å². The SMILES string of the molecule is CC(C)N[C@@H](CCC(N)=O)C(=O)N[C@H](C(=O)N[C@@H](CCCNC(N)=O)C(=O)Nc1ccc(COC(=O)C(C)C)cc1O[C@@H]1O[C@H](C(=O)O)[C@@H](O)[C@H](O)[C@H]1O)C(C)C. The predicted octanol–water partition coefficient (Wildman–Crippen LogP) is -1.70. The van der Waals surface area contributed by atoms with Crippen molar-refractivity contribution in [1.82, 2.24) is 21.3 Å². The molecule has 1 aromatic rings. The van der Waals surface area contributed by atoms with Gasteiger partial charge in [-0.15, -0.1) is 0 Å². The Morgan fingerprint density at radius 3 is 2.07 bits per heavy atom. The van der Waals surface area contributed by atoms with E-state index in [1.807, 2.05) is 0 Å². The van der Waals surface area contributed by atoms with Crippen LogP contribution in [0.2, 0.25) is 0 Å². The molecule has 6 amide bonds. The molecule has 1 aliphatic heterocycles. The summed E-state index contributed by atoms with van der Waals surface area (Å²) in [4.78, 5) is 87.7. The molecule has 1 aromatic carbocycles. The molecule has 1 heterocycles. The van der Waals surface area contributed by atoms with Crippen molar-refractivity contribution in [2.24, 2.45) is 23.3 Å². The van der Waals surface area contributed by atoms with Crippen molar-refractivity contribution < 1.29 is 68.2 Å². The molecule has 0 unspecified atom stereocenters. The average Bonchev–Trinajstić information content (AvgIpc) is 3.12. The molecule has 2 rings (SSSR count). The Bertz CT molecular complexity index is 1580. The number of hydrogen-bond donors (Lipinski definition) is 11. The van der Waals surface area contributed by atoms with Crippen molar-refractivity contribution in [1.29, 1.82) is 0 Å². The van der Waals surface area contributed by atoms with Gasteiger partial charge in [0.25, 0.3) is 0 Å². The Hall–Kier alpha value is -5.09. The van der Waals surface area contributed by atoms with Crippen LogP contribution in [0.3, 0.4) is 0 Å². The number of amides is 6. The summed E-state index contributed by atoms with van der Waals surface area (Å²) >= 11 is 0. The Balaban J connectivity index is 2.46. The highest BCUT2D eigenvalue weighted by Gasteiger charge is 2.48. The molecule has 1 saturated heterocycles. The van der Waals surface area contributed by atoms with E-state index < -0.39 is 102 Å². The number of benzene rings is 1. The number of carbonyl (C=O) groups excluding carboxylic acids is 6. The number of ether oxygens (including phenoxy) is 3. The molecule has 0 saturated carbocycles. The van der Waals surface area contributed by atoms with Gasteiger partial charge in [0.1, 0.15) is 42.8 Å². The first kappa shape index (κ1) is 48.1. The van der Waals surface area contributed by atoms with Gasteiger partial charge in [-0.3, -0.25) is 24.0 Å². The van der Waals surface area contributed by atoms with Crippen LogP contribution in [0, 0.1) is 11.8 Å². The van der Waals surface area contributed by atoms with Crippen LogP contribution in [0.4, 0.5) is 10.5 Å². The molecule has 1 aliphatic rings. The van der Waals surface area contributed by atoms with Gasteiger partial charge >= 0.3 is 18.0 Å². The fourth-order valence-electron chi connectivity index (χ4n) is 5.49. The van der Waals surface area contributed by atoms with Crippen LogP contribution in [0.15, 0.2) is 18.2 Å². The van der Waals surface area contributed by atoms with Gasteiger partial charge in [0.05, 0.1) is 17.6 Å². The molecule has 0 aliphatic carbocycles. The lowest BCUT2D eigenvalue weighted by atomic mass is 9.99. The summed E-state index contributed by atoms with van der Waals surface area (Å²) < 4.78 is 16.3. The third-order valence-electron chi connectivity index (χ3n) is 8.59.